The van der Waals surface area contributed by atoms with E-state index in [0.717, 1.165) is 19.3 Å². The quantitative estimate of drug-likeness (QED) is 0.718. The molecule has 0 saturated heterocycles. The Morgan fingerprint density at radius 3 is 2.39 bits per heavy atom. The van der Waals surface area contributed by atoms with E-state index in [0.29, 0.717) is 11.8 Å². The van der Waals surface area contributed by atoms with E-state index in [1.165, 1.54) is 13.8 Å². The van der Waals surface area contributed by atoms with Gasteiger partial charge in [0.1, 0.15) is 18.1 Å². The molecule has 1 fully saturated rings. The predicted octanol–water partition coefficient (Wildman–Crippen LogP) is 1.93. The summed E-state index contributed by atoms with van der Waals surface area (Å²) in [5.41, 5.74) is -1.25. The molecule has 0 radical (unpaired) electrons. The number of rotatable bonds is 7. The van der Waals surface area contributed by atoms with Gasteiger partial charge < -0.3 is 19.3 Å². The minimum absolute atomic E-state index is 0.142. The van der Waals surface area contributed by atoms with Crippen LogP contribution in [-0.4, -0.2) is 49.6 Å². The molecule has 4 atom stereocenters. The van der Waals surface area contributed by atoms with Gasteiger partial charge in [-0.25, -0.2) is 0 Å². The maximum absolute atomic E-state index is 12.4. The van der Waals surface area contributed by atoms with Crippen molar-refractivity contribution in [3.05, 3.63) is 0 Å². The fourth-order valence-electron chi connectivity index (χ4n) is 2.83. The van der Waals surface area contributed by atoms with E-state index in [1.54, 1.807) is 7.11 Å². The molecule has 0 unspecified atom stereocenters. The van der Waals surface area contributed by atoms with Crippen molar-refractivity contribution >= 4 is 11.9 Å². The van der Waals surface area contributed by atoms with Crippen molar-refractivity contribution in [1.82, 2.24) is 0 Å². The summed E-state index contributed by atoms with van der Waals surface area (Å²) in [4.78, 5) is 23.4. The summed E-state index contributed by atoms with van der Waals surface area (Å²) in [5, 5.41) is 9.51. The Balaban J connectivity index is 2.68. The largest absolute Gasteiger partial charge is 0.465 e. The van der Waals surface area contributed by atoms with Crippen LogP contribution in [0.4, 0.5) is 0 Å². The third-order valence-electron chi connectivity index (χ3n) is 4.71. The number of ether oxygens (including phenoxy) is 3. The molecule has 0 aromatic heterocycles. The van der Waals surface area contributed by atoms with Crippen molar-refractivity contribution in [1.29, 1.82) is 0 Å². The second-order valence-corrected chi connectivity index (χ2v) is 7.03. The van der Waals surface area contributed by atoms with Crippen molar-refractivity contribution in [3.8, 4) is 0 Å². The zero-order valence-corrected chi connectivity index (χ0v) is 14.8. The molecule has 1 saturated carbocycles. The number of aliphatic hydroxyl groups is 1. The lowest BCUT2D eigenvalue weighted by Gasteiger charge is -2.38. The Morgan fingerprint density at radius 1 is 1.26 bits per heavy atom. The average molecular weight is 330 g/mol. The molecule has 1 aliphatic rings. The Labute approximate surface area is 138 Å². The third-order valence-corrected chi connectivity index (χ3v) is 4.71. The van der Waals surface area contributed by atoms with Gasteiger partial charge in [0.25, 0.3) is 0 Å². The Hall–Kier alpha value is -1.14. The van der Waals surface area contributed by atoms with Gasteiger partial charge in [-0.05, 0) is 38.0 Å². The van der Waals surface area contributed by atoms with Gasteiger partial charge in [-0.1, -0.05) is 13.8 Å². The molecular weight excluding hydrogens is 300 g/mol. The molecule has 0 amide bonds. The van der Waals surface area contributed by atoms with Crippen LogP contribution in [0.1, 0.15) is 47.0 Å². The third kappa shape index (κ3) is 5.46. The molecule has 0 heterocycles. The Bertz CT molecular complexity index is 408. The SMILES string of the molecule is CO[C@@H]1C[C@H](C(C)C)CC[C@H]1OC(=O)[C@](C)(CO)COC(C)=O. The van der Waals surface area contributed by atoms with Gasteiger partial charge in [-0.15, -0.1) is 0 Å². The summed E-state index contributed by atoms with van der Waals surface area (Å²) in [7, 11) is 1.62. The van der Waals surface area contributed by atoms with Crippen LogP contribution in [0.25, 0.3) is 0 Å². The van der Waals surface area contributed by atoms with E-state index in [-0.39, 0.29) is 18.8 Å². The summed E-state index contributed by atoms with van der Waals surface area (Å²) in [5.74, 6) is 0.0668. The minimum Gasteiger partial charge on any atom is -0.465 e. The van der Waals surface area contributed by atoms with Crippen LogP contribution in [0, 0.1) is 17.3 Å². The van der Waals surface area contributed by atoms with Crippen LogP contribution in [0.3, 0.4) is 0 Å². The average Bonchev–Trinajstić information content (AvgIpc) is 2.52. The Kier molecular flexibility index (Phi) is 7.48. The van der Waals surface area contributed by atoms with Gasteiger partial charge >= 0.3 is 11.9 Å². The Morgan fingerprint density at radius 2 is 1.91 bits per heavy atom. The van der Waals surface area contributed by atoms with E-state index in [4.69, 9.17) is 14.2 Å². The molecule has 0 aromatic rings. The lowest BCUT2D eigenvalue weighted by Crippen LogP contribution is -2.45. The minimum atomic E-state index is -1.25. The summed E-state index contributed by atoms with van der Waals surface area (Å²) >= 11 is 0. The van der Waals surface area contributed by atoms with E-state index in [1.807, 2.05) is 0 Å². The fraction of sp³-hybridized carbons (Fsp3) is 0.882. The molecule has 6 heteroatoms. The molecule has 0 aromatic carbocycles. The normalized spacial score (nSPS) is 27.3. The molecule has 1 N–H and O–H groups in total. The van der Waals surface area contributed by atoms with E-state index in [9.17, 15) is 14.7 Å². The second kappa shape index (κ2) is 8.64. The molecule has 0 spiro atoms. The predicted molar refractivity (Wildman–Crippen MR) is 84.7 cm³/mol. The molecule has 134 valence electrons. The van der Waals surface area contributed by atoms with Crippen LogP contribution < -0.4 is 0 Å². The van der Waals surface area contributed by atoms with Crippen LogP contribution in [0.5, 0.6) is 0 Å². The summed E-state index contributed by atoms with van der Waals surface area (Å²) < 4.78 is 16.0. The highest BCUT2D eigenvalue weighted by molar-refractivity contribution is 5.77. The fourth-order valence-corrected chi connectivity index (χ4v) is 2.83. The molecule has 6 nitrogen and oxygen atoms in total. The van der Waals surface area contributed by atoms with Gasteiger partial charge in [0, 0.05) is 14.0 Å². The van der Waals surface area contributed by atoms with Gasteiger partial charge in [0.15, 0.2) is 0 Å². The molecule has 0 bridgehead atoms. The monoisotopic (exact) mass is 330 g/mol. The molecule has 1 aliphatic carbocycles. The van der Waals surface area contributed by atoms with Crippen molar-refractivity contribution in [2.24, 2.45) is 17.3 Å². The zero-order valence-electron chi connectivity index (χ0n) is 14.8. The number of carbonyl (C=O) groups is 2. The lowest BCUT2D eigenvalue weighted by molar-refractivity contribution is -0.179. The number of carbonyl (C=O) groups excluding carboxylic acids is 2. The molecular formula is C17H30O6. The number of hydrogen-bond acceptors (Lipinski definition) is 6. The lowest BCUT2D eigenvalue weighted by atomic mass is 9.79. The van der Waals surface area contributed by atoms with E-state index in [2.05, 4.69) is 13.8 Å². The van der Waals surface area contributed by atoms with Gasteiger partial charge in [0.2, 0.25) is 0 Å². The maximum Gasteiger partial charge on any atom is 0.318 e. The van der Waals surface area contributed by atoms with Crippen molar-refractivity contribution < 1.29 is 28.9 Å². The van der Waals surface area contributed by atoms with Crippen molar-refractivity contribution in [2.75, 3.05) is 20.3 Å². The van der Waals surface area contributed by atoms with Gasteiger partial charge in [-0.3, -0.25) is 9.59 Å². The zero-order chi connectivity index (χ0) is 17.6. The summed E-state index contributed by atoms with van der Waals surface area (Å²) in [6, 6.07) is 0. The highest BCUT2D eigenvalue weighted by Gasteiger charge is 2.41. The van der Waals surface area contributed by atoms with Crippen LogP contribution in [0.2, 0.25) is 0 Å². The van der Waals surface area contributed by atoms with Crippen molar-refractivity contribution in [2.45, 2.75) is 59.2 Å². The first-order chi connectivity index (χ1) is 10.7. The van der Waals surface area contributed by atoms with E-state index >= 15 is 0 Å². The van der Waals surface area contributed by atoms with Crippen molar-refractivity contribution in [3.63, 3.8) is 0 Å². The number of esters is 2. The number of hydrogen-bond donors (Lipinski definition) is 1. The number of aliphatic hydroxyl groups excluding tert-OH is 1. The molecule has 23 heavy (non-hydrogen) atoms. The van der Waals surface area contributed by atoms with Gasteiger partial charge in [0.05, 0.1) is 12.7 Å². The maximum atomic E-state index is 12.4. The first-order valence-corrected chi connectivity index (χ1v) is 8.21. The summed E-state index contributed by atoms with van der Waals surface area (Å²) in [6.45, 7) is 6.52. The highest BCUT2D eigenvalue weighted by Crippen LogP contribution is 2.34. The standard InChI is InChI=1S/C17H30O6/c1-11(2)13-6-7-14(15(8-13)21-5)23-16(20)17(4,9-18)10-22-12(3)19/h11,13-15,18H,6-10H2,1-5H3/t13-,14-,15-,17-/m1/s1. The first-order valence-electron chi connectivity index (χ1n) is 8.21. The molecule has 1 rings (SSSR count). The topological polar surface area (TPSA) is 82.1 Å². The first kappa shape index (κ1) is 19.9. The second-order valence-electron chi connectivity index (χ2n) is 7.03. The highest BCUT2D eigenvalue weighted by atomic mass is 16.6. The van der Waals surface area contributed by atoms with Gasteiger partial charge in [-0.2, -0.15) is 0 Å². The van der Waals surface area contributed by atoms with E-state index < -0.39 is 24.0 Å². The van der Waals surface area contributed by atoms with Crippen LogP contribution in [0.15, 0.2) is 0 Å². The smallest absolute Gasteiger partial charge is 0.318 e. The summed E-state index contributed by atoms with van der Waals surface area (Å²) in [6.07, 6.45) is 2.10. The number of methoxy groups -OCH3 is 1. The molecule has 0 aliphatic heterocycles. The van der Waals surface area contributed by atoms with Crippen LogP contribution in [-0.2, 0) is 23.8 Å². The van der Waals surface area contributed by atoms with Crippen LogP contribution >= 0.6 is 0 Å².